The van der Waals surface area contributed by atoms with E-state index >= 15 is 0 Å². The Balaban J connectivity index is 2.60. The molecule has 1 saturated heterocycles. The number of piperidine rings is 1. The minimum absolute atomic E-state index is 0.874. The summed E-state index contributed by atoms with van der Waals surface area (Å²) in [5.41, 5.74) is 0. The molecule has 0 radical (unpaired) electrons. The van der Waals surface area contributed by atoms with Crippen LogP contribution in [-0.2, 0) is 0 Å². The molecule has 0 aliphatic carbocycles. The van der Waals surface area contributed by atoms with E-state index in [1.54, 1.807) is 0 Å². The van der Waals surface area contributed by atoms with Crippen LogP contribution in [0.1, 0.15) is 40.0 Å². The van der Waals surface area contributed by atoms with Gasteiger partial charge in [-0.2, -0.15) is 0 Å². The predicted octanol–water partition coefficient (Wildman–Crippen LogP) is 2.66. The molecule has 0 aromatic heterocycles. The van der Waals surface area contributed by atoms with E-state index in [0.29, 0.717) is 0 Å². The van der Waals surface area contributed by atoms with Gasteiger partial charge in [-0.1, -0.05) is 13.8 Å². The Morgan fingerprint density at radius 2 is 2.00 bits per heavy atom. The highest BCUT2D eigenvalue weighted by Crippen LogP contribution is 2.28. The Morgan fingerprint density at radius 1 is 1.33 bits per heavy atom. The summed E-state index contributed by atoms with van der Waals surface area (Å²) in [4.78, 5) is 0. The van der Waals surface area contributed by atoms with E-state index in [4.69, 9.17) is 0 Å². The second kappa shape index (κ2) is 3.78. The zero-order chi connectivity index (χ0) is 9.19. The van der Waals surface area contributed by atoms with E-state index in [0.717, 1.165) is 12.0 Å². The largest absolute Gasteiger partial charge is 0.324 e. The van der Waals surface area contributed by atoms with Crippen LogP contribution in [0.4, 0.5) is 0 Å². The topological polar surface area (TPSA) is 0 Å². The van der Waals surface area contributed by atoms with Crippen molar-refractivity contribution in [2.75, 3.05) is 20.1 Å². The summed E-state index contributed by atoms with van der Waals surface area (Å²) in [6.07, 6.45) is 4.20. The van der Waals surface area contributed by atoms with Gasteiger partial charge in [-0.25, -0.2) is 0 Å². The van der Waals surface area contributed by atoms with Crippen molar-refractivity contribution >= 4 is 0 Å². The second-order valence-corrected chi connectivity index (χ2v) is 4.79. The maximum absolute atomic E-state index is 2.43. The Morgan fingerprint density at radius 3 is 2.58 bits per heavy atom. The average Bonchev–Trinajstić information content (AvgIpc) is 2.01. The summed E-state index contributed by atoms with van der Waals surface area (Å²) >= 11 is 0. The van der Waals surface area contributed by atoms with Crippen LogP contribution in [0.2, 0.25) is 0 Å². The molecule has 0 amide bonds. The lowest BCUT2D eigenvalue weighted by Gasteiger charge is -2.46. The van der Waals surface area contributed by atoms with Crippen LogP contribution in [0.25, 0.3) is 0 Å². The van der Waals surface area contributed by atoms with Crippen LogP contribution < -0.4 is 0 Å². The van der Waals surface area contributed by atoms with Crippen molar-refractivity contribution in [1.29, 1.82) is 0 Å². The summed E-state index contributed by atoms with van der Waals surface area (Å²) in [6, 6.07) is 0.874. The first-order chi connectivity index (χ1) is 5.60. The third kappa shape index (κ3) is 1.82. The van der Waals surface area contributed by atoms with Crippen LogP contribution in [-0.4, -0.2) is 30.7 Å². The van der Waals surface area contributed by atoms with Gasteiger partial charge < -0.3 is 4.48 Å². The van der Waals surface area contributed by atoms with Crippen molar-refractivity contribution in [3.8, 4) is 0 Å². The lowest BCUT2D eigenvalue weighted by Crippen LogP contribution is -2.57. The number of hydrogen-bond acceptors (Lipinski definition) is 0. The van der Waals surface area contributed by atoms with Crippen molar-refractivity contribution in [3.05, 3.63) is 0 Å². The van der Waals surface area contributed by atoms with Gasteiger partial charge in [0.2, 0.25) is 0 Å². The molecule has 0 aromatic rings. The van der Waals surface area contributed by atoms with Crippen LogP contribution >= 0.6 is 0 Å². The Labute approximate surface area is 77.4 Å². The van der Waals surface area contributed by atoms with E-state index < -0.39 is 0 Å². The molecule has 0 N–H and O–H groups in total. The molecule has 0 aromatic carbocycles. The van der Waals surface area contributed by atoms with Gasteiger partial charge in [0, 0.05) is 5.92 Å². The summed E-state index contributed by atoms with van der Waals surface area (Å²) in [7, 11) is 2.43. The normalized spacial score (nSPS) is 43.0. The van der Waals surface area contributed by atoms with Crippen molar-refractivity contribution in [2.45, 2.75) is 46.1 Å². The monoisotopic (exact) mass is 170 g/mol. The fourth-order valence-corrected chi connectivity index (χ4v) is 2.66. The highest BCUT2D eigenvalue weighted by atomic mass is 15.4. The van der Waals surface area contributed by atoms with E-state index in [1.165, 1.54) is 36.8 Å². The molecule has 1 nitrogen and oxygen atoms in total. The van der Waals surface area contributed by atoms with E-state index in [2.05, 4.69) is 27.8 Å². The van der Waals surface area contributed by atoms with Gasteiger partial charge in [0.1, 0.15) is 0 Å². The standard InChI is InChI=1S/C11H24N/c1-5-8-12(4)9-6-7-10(2)11(12)3/h10-11H,5-9H2,1-4H3/q+1. The smallest absolute Gasteiger partial charge is 0.0885 e. The summed E-state index contributed by atoms with van der Waals surface area (Å²) in [5.74, 6) is 0.926. The van der Waals surface area contributed by atoms with Crippen LogP contribution in [0, 0.1) is 5.92 Å². The molecule has 1 rings (SSSR count). The van der Waals surface area contributed by atoms with Gasteiger partial charge in [0.15, 0.2) is 0 Å². The molecule has 0 bridgehead atoms. The molecule has 1 aliphatic heterocycles. The average molecular weight is 170 g/mol. The number of nitrogens with zero attached hydrogens (tertiary/aromatic N) is 1. The van der Waals surface area contributed by atoms with E-state index in [1.807, 2.05) is 0 Å². The third-order valence-electron chi connectivity index (χ3n) is 3.87. The van der Waals surface area contributed by atoms with Gasteiger partial charge in [-0.05, 0) is 26.2 Å². The maximum Gasteiger partial charge on any atom is 0.0885 e. The second-order valence-electron chi connectivity index (χ2n) is 4.79. The molecule has 1 heteroatoms. The minimum atomic E-state index is 0.874. The third-order valence-corrected chi connectivity index (χ3v) is 3.87. The number of likely N-dealkylation sites (tertiary alicyclic amines) is 1. The molecule has 72 valence electrons. The van der Waals surface area contributed by atoms with Crippen LogP contribution in [0.5, 0.6) is 0 Å². The first-order valence-electron chi connectivity index (χ1n) is 5.44. The molecular weight excluding hydrogens is 146 g/mol. The van der Waals surface area contributed by atoms with Gasteiger partial charge >= 0.3 is 0 Å². The quantitative estimate of drug-likeness (QED) is 0.559. The lowest BCUT2D eigenvalue weighted by molar-refractivity contribution is -0.940. The SMILES string of the molecule is CCC[N+]1(C)CCCC(C)C1C. The van der Waals surface area contributed by atoms with E-state index in [9.17, 15) is 0 Å². The molecule has 0 saturated carbocycles. The van der Waals surface area contributed by atoms with E-state index in [-0.39, 0.29) is 0 Å². The Bertz CT molecular complexity index is 140. The van der Waals surface area contributed by atoms with Gasteiger partial charge in [0.05, 0.1) is 26.2 Å². The Hall–Kier alpha value is -0.0400. The minimum Gasteiger partial charge on any atom is -0.324 e. The van der Waals surface area contributed by atoms with Crippen molar-refractivity contribution in [2.24, 2.45) is 5.92 Å². The van der Waals surface area contributed by atoms with Crippen molar-refractivity contribution in [3.63, 3.8) is 0 Å². The molecule has 3 unspecified atom stereocenters. The summed E-state index contributed by atoms with van der Waals surface area (Å²) in [6.45, 7) is 9.91. The summed E-state index contributed by atoms with van der Waals surface area (Å²) < 4.78 is 1.32. The Kier molecular flexibility index (Phi) is 3.16. The van der Waals surface area contributed by atoms with Gasteiger partial charge in [0.25, 0.3) is 0 Å². The summed E-state index contributed by atoms with van der Waals surface area (Å²) in [5, 5.41) is 0. The molecule has 12 heavy (non-hydrogen) atoms. The number of quaternary nitrogens is 1. The first-order valence-corrected chi connectivity index (χ1v) is 5.44. The van der Waals surface area contributed by atoms with Crippen LogP contribution in [0.3, 0.4) is 0 Å². The molecule has 1 heterocycles. The fourth-order valence-electron chi connectivity index (χ4n) is 2.66. The van der Waals surface area contributed by atoms with Crippen LogP contribution in [0.15, 0.2) is 0 Å². The predicted molar refractivity (Wildman–Crippen MR) is 54.1 cm³/mol. The van der Waals surface area contributed by atoms with Gasteiger partial charge in [-0.15, -0.1) is 0 Å². The molecular formula is C11H24N+. The first kappa shape index (κ1) is 10.0. The fraction of sp³-hybridized carbons (Fsp3) is 1.00. The molecule has 3 atom stereocenters. The zero-order valence-corrected chi connectivity index (χ0v) is 9.14. The molecule has 0 spiro atoms. The van der Waals surface area contributed by atoms with Crippen molar-refractivity contribution < 1.29 is 4.48 Å². The lowest BCUT2D eigenvalue weighted by atomic mass is 9.90. The number of hydrogen-bond donors (Lipinski definition) is 0. The zero-order valence-electron chi connectivity index (χ0n) is 9.14. The van der Waals surface area contributed by atoms with Crippen molar-refractivity contribution in [1.82, 2.24) is 0 Å². The number of rotatable bonds is 2. The maximum atomic E-state index is 2.43. The molecule has 1 aliphatic rings. The highest BCUT2D eigenvalue weighted by molar-refractivity contribution is 4.68. The van der Waals surface area contributed by atoms with Gasteiger partial charge in [-0.3, -0.25) is 0 Å². The molecule has 1 fully saturated rings. The highest BCUT2D eigenvalue weighted by Gasteiger charge is 2.35.